The largest absolute Gasteiger partial charge is 0.494 e. The zero-order valence-corrected chi connectivity index (χ0v) is 14.8. The quantitative estimate of drug-likeness (QED) is 0.771. The van der Waals surface area contributed by atoms with Gasteiger partial charge in [-0.2, -0.15) is 0 Å². The van der Waals surface area contributed by atoms with E-state index in [-0.39, 0.29) is 11.8 Å². The Hall–Kier alpha value is -2.04. The number of benzene rings is 1. The van der Waals surface area contributed by atoms with E-state index in [1.54, 1.807) is 0 Å². The molecule has 0 saturated carbocycles. The van der Waals surface area contributed by atoms with Crippen LogP contribution in [-0.4, -0.2) is 54.4 Å². The van der Waals surface area contributed by atoms with Gasteiger partial charge in [-0.1, -0.05) is 20.3 Å². The van der Waals surface area contributed by atoms with Crippen molar-refractivity contribution in [3.8, 4) is 5.75 Å². The number of carbonyl (C=O) groups excluding carboxylic acids is 2. The molecule has 1 saturated heterocycles. The first-order valence-corrected chi connectivity index (χ1v) is 8.95. The van der Waals surface area contributed by atoms with E-state index in [2.05, 4.69) is 13.8 Å². The van der Waals surface area contributed by atoms with Crippen molar-refractivity contribution < 1.29 is 14.3 Å². The molecule has 5 nitrogen and oxygen atoms in total. The van der Waals surface area contributed by atoms with Crippen LogP contribution in [0.1, 0.15) is 49.9 Å². The zero-order valence-electron chi connectivity index (χ0n) is 14.8. The van der Waals surface area contributed by atoms with Crippen LogP contribution >= 0.6 is 0 Å². The maximum atomic E-state index is 12.6. The molecule has 132 valence electrons. The minimum Gasteiger partial charge on any atom is -0.494 e. The van der Waals surface area contributed by atoms with Gasteiger partial charge in [-0.05, 0) is 37.1 Å². The van der Waals surface area contributed by atoms with Crippen LogP contribution in [0, 0.1) is 0 Å². The Balaban J connectivity index is 1.85. The van der Waals surface area contributed by atoms with Gasteiger partial charge >= 0.3 is 0 Å². The number of hydrogen-bond acceptors (Lipinski definition) is 3. The summed E-state index contributed by atoms with van der Waals surface area (Å²) in [5.74, 6) is 1.03. The highest BCUT2D eigenvalue weighted by Gasteiger charge is 2.24. The summed E-state index contributed by atoms with van der Waals surface area (Å²) in [5, 5.41) is 0. The SMILES string of the molecule is CCCCC(=O)N1CCN(C(=O)c2ccc(OCCC)cc2)CC1. The number of carbonyl (C=O) groups is 2. The predicted octanol–water partition coefficient (Wildman–Crippen LogP) is 2.95. The summed E-state index contributed by atoms with van der Waals surface area (Å²) >= 11 is 0. The molecule has 0 N–H and O–H groups in total. The number of unbranched alkanes of at least 4 members (excludes halogenated alkanes) is 1. The van der Waals surface area contributed by atoms with Crippen molar-refractivity contribution in [3.05, 3.63) is 29.8 Å². The fourth-order valence-electron chi connectivity index (χ4n) is 2.74. The Morgan fingerprint density at radius 1 is 0.958 bits per heavy atom. The maximum absolute atomic E-state index is 12.6. The van der Waals surface area contributed by atoms with Crippen LogP contribution in [0.15, 0.2) is 24.3 Å². The van der Waals surface area contributed by atoms with Gasteiger partial charge in [0.05, 0.1) is 6.61 Å². The van der Waals surface area contributed by atoms with Crippen LogP contribution in [0.25, 0.3) is 0 Å². The Morgan fingerprint density at radius 3 is 2.17 bits per heavy atom. The second-order valence-corrected chi connectivity index (χ2v) is 6.15. The van der Waals surface area contributed by atoms with E-state index < -0.39 is 0 Å². The Labute approximate surface area is 144 Å². The Kier molecular flexibility index (Phi) is 7.09. The number of ether oxygens (including phenoxy) is 1. The lowest BCUT2D eigenvalue weighted by atomic mass is 10.1. The van der Waals surface area contributed by atoms with Crippen molar-refractivity contribution in [1.29, 1.82) is 0 Å². The van der Waals surface area contributed by atoms with E-state index in [0.717, 1.165) is 25.0 Å². The first kappa shape index (κ1) is 18.3. The second-order valence-electron chi connectivity index (χ2n) is 6.15. The average Bonchev–Trinajstić information content (AvgIpc) is 2.64. The van der Waals surface area contributed by atoms with Gasteiger partial charge in [0.25, 0.3) is 5.91 Å². The molecule has 1 fully saturated rings. The standard InChI is InChI=1S/C19H28N2O3/c1-3-5-6-18(22)20-11-13-21(14-12-20)19(23)16-7-9-17(10-8-16)24-15-4-2/h7-10H,3-6,11-15H2,1-2H3. The molecule has 0 spiro atoms. The van der Waals surface area contributed by atoms with E-state index in [1.807, 2.05) is 34.1 Å². The molecule has 0 aliphatic carbocycles. The summed E-state index contributed by atoms with van der Waals surface area (Å²) in [6.07, 6.45) is 3.54. The third kappa shape index (κ3) is 4.98. The number of piperazine rings is 1. The van der Waals surface area contributed by atoms with Crippen LogP contribution in [0.3, 0.4) is 0 Å². The van der Waals surface area contributed by atoms with Crippen molar-refractivity contribution >= 4 is 11.8 Å². The van der Waals surface area contributed by atoms with E-state index in [9.17, 15) is 9.59 Å². The number of nitrogens with zero attached hydrogens (tertiary/aromatic N) is 2. The fraction of sp³-hybridized carbons (Fsp3) is 0.579. The van der Waals surface area contributed by atoms with Crippen molar-refractivity contribution in [3.63, 3.8) is 0 Å². The van der Waals surface area contributed by atoms with Gasteiger partial charge in [-0.3, -0.25) is 9.59 Å². The molecule has 1 aromatic rings. The van der Waals surface area contributed by atoms with Crippen molar-refractivity contribution in [1.82, 2.24) is 9.80 Å². The van der Waals surface area contributed by atoms with Crippen molar-refractivity contribution in [2.45, 2.75) is 39.5 Å². The molecule has 1 heterocycles. The van der Waals surface area contributed by atoms with Gasteiger partial charge in [0.15, 0.2) is 0 Å². The van der Waals surface area contributed by atoms with Crippen LogP contribution < -0.4 is 4.74 Å². The number of hydrogen-bond donors (Lipinski definition) is 0. The molecule has 0 unspecified atom stereocenters. The normalized spacial score (nSPS) is 14.6. The topological polar surface area (TPSA) is 49.9 Å². The summed E-state index contributed by atoms with van der Waals surface area (Å²) in [7, 11) is 0. The van der Waals surface area contributed by atoms with E-state index in [1.165, 1.54) is 0 Å². The van der Waals surface area contributed by atoms with Crippen molar-refractivity contribution in [2.24, 2.45) is 0 Å². The lowest BCUT2D eigenvalue weighted by Crippen LogP contribution is -2.50. The first-order valence-electron chi connectivity index (χ1n) is 8.95. The van der Waals surface area contributed by atoms with Gasteiger partial charge in [-0.25, -0.2) is 0 Å². The smallest absolute Gasteiger partial charge is 0.253 e. The van der Waals surface area contributed by atoms with Crippen LogP contribution in [-0.2, 0) is 4.79 Å². The third-order valence-corrected chi connectivity index (χ3v) is 4.24. The molecule has 2 rings (SSSR count). The highest BCUT2D eigenvalue weighted by Crippen LogP contribution is 2.15. The van der Waals surface area contributed by atoms with E-state index in [4.69, 9.17) is 4.74 Å². The molecule has 0 aromatic heterocycles. The summed E-state index contributed by atoms with van der Waals surface area (Å²) in [4.78, 5) is 28.3. The van der Waals surface area contributed by atoms with Crippen LogP contribution in [0.4, 0.5) is 0 Å². The third-order valence-electron chi connectivity index (χ3n) is 4.24. The zero-order chi connectivity index (χ0) is 17.4. The summed E-state index contributed by atoms with van der Waals surface area (Å²) in [5.41, 5.74) is 0.671. The highest BCUT2D eigenvalue weighted by atomic mass is 16.5. The summed E-state index contributed by atoms with van der Waals surface area (Å²) in [6.45, 7) is 7.29. The maximum Gasteiger partial charge on any atom is 0.253 e. The van der Waals surface area contributed by atoms with Crippen molar-refractivity contribution in [2.75, 3.05) is 32.8 Å². The first-order chi connectivity index (χ1) is 11.7. The lowest BCUT2D eigenvalue weighted by molar-refractivity contribution is -0.132. The van der Waals surface area contributed by atoms with Gasteiger partial charge in [0.1, 0.15) is 5.75 Å². The molecule has 2 amide bonds. The van der Waals surface area contributed by atoms with Crippen LogP contribution in [0.2, 0.25) is 0 Å². The molecule has 0 bridgehead atoms. The molecule has 1 aromatic carbocycles. The van der Waals surface area contributed by atoms with E-state index in [0.29, 0.717) is 44.8 Å². The molecule has 24 heavy (non-hydrogen) atoms. The highest BCUT2D eigenvalue weighted by molar-refractivity contribution is 5.94. The Morgan fingerprint density at radius 2 is 1.58 bits per heavy atom. The number of rotatable bonds is 7. The molecule has 5 heteroatoms. The monoisotopic (exact) mass is 332 g/mol. The van der Waals surface area contributed by atoms with Gasteiger partial charge in [0, 0.05) is 38.2 Å². The predicted molar refractivity (Wildman–Crippen MR) is 94.2 cm³/mol. The van der Waals surface area contributed by atoms with Gasteiger partial charge in [-0.15, -0.1) is 0 Å². The minimum atomic E-state index is 0.0256. The van der Waals surface area contributed by atoms with E-state index >= 15 is 0 Å². The molecular weight excluding hydrogens is 304 g/mol. The second kappa shape index (κ2) is 9.30. The molecular formula is C19H28N2O3. The average molecular weight is 332 g/mol. The van der Waals surface area contributed by atoms with Gasteiger partial charge in [0.2, 0.25) is 5.91 Å². The molecule has 0 atom stereocenters. The minimum absolute atomic E-state index is 0.0256. The summed E-state index contributed by atoms with van der Waals surface area (Å²) < 4.78 is 5.54. The summed E-state index contributed by atoms with van der Waals surface area (Å²) in [6, 6.07) is 7.30. The Bertz CT molecular complexity index is 534. The van der Waals surface area contributed by atoms with Crippen LogP contribution in [0.5, 0.6) is 5.75 Å². The number of amides is 2. The van der Waals surface area contributed by atoms with Gasteiger partial charge < -0.3 is 14.5 Å². The molecule has 1 aliphatic heterocycles. The molecule has 0 radical (unpaired) electrons. The molecule has 1 aliphatic rings. The lowest BCUT2D eigenvalue weighted by Gasteiger charge is -2.35. The fourth-order valence-corrected chi connectivity index (χ4v) is 2.74.